The Hall–Kier alpha value is -0.120. The van der Waals surface area contributed by atoms with Gasteiger partial charge in [0.05, 0.1) is 6.10 Å². The van der Waals surface area contributed by atoms with Crippen LogP contribution in [0.3, 0.4) is 0 Å². The molecule has 0 radical (unpaired) electrons. The predicted octanol–water partition coefficient (Wildman–Crippen LogP) is 1.49. The Balaban J connectivity index is 2.21. The van der Waals surface area contributed by atoms with Crippen LogP contribution in [0.1, 0.15) is 32.6 Å². The van der Waals surface area contributed by atoms with Gasteiger partial charge in [0.1, 0.15) is 0 Å². The lowest BCUT2D eigenvalue weighted by molar-refractivity contribution is -0.00540. The summed E-state index contributed by atoms with van der Waals surface area (Å²) in [4.78, 5) is 2.52. The molecule has 0 saturated carbocycles. The minimum atomic E-state index is 0.488. The highest BCUT2D eigenvalue weighted by Gasteiger charge is 2.16. The first-order valence-corrected chi connectivity index (χ1v) is 6.35. The monoisotopic (exact) mass is 214 g/mol. The van der Waals surface area contributed by atoms with Crippen molar-refractivity contribution in [2.45, 2.75) is 38.7 Å². The van der Waals surface area contributed by atoms with E-state index in [1.54, 1.807) is 0 Å². The lowest BCUT2D eigenvalue weighted by Crippen LogP contribution is -2.39. The Labute approximate surface area is 94.2 Å². The van der Waals surface area contributed by atoms with Gasteiger partial charge < -0.3 is 10.1 Å². The minimum absolute atomic E-state index is 0.488. The molecule has 0 amide bonds. The number of nitrogens with one attached hydrogen (secondary N) is 1. The summed E-state index contributed by atoms with van der Waals surface area (Å²) in [5.74, 6) is 0. The van der Waals surface area contributed by atoms with Crippen molar-refractivity contribution in [1.82, 2.24) is 10.2 Å². The molecule has 1 heterocycles. The zero-order valence-corrected chi connectivity index (χ0v) is 10.3. The molecule has 0 aliphatic carbocycles. The standard InChI is InChI=1S/C12H26N2O/c1-3-8-14(9-7-13-2)11-12-6-4-5-10-15-12/h12-13H,3-11H2,1-2H3. The molecular weight excluding hydrogens is 188 g/mol. The molecular formula is C12H26N2O. The molecule has 15 heavy (non-hydrogen) atoms. The quantitative estimate of drug-likeness (QED) is 0.695. The van der Waals surface area contributed by atoms with Crippen LogP contribution < -0.4 is 5.32 Å². The van der Waals surface area contributed by atoms with E-state index in [9.17, 15) is 0 Å². The highest BCUT2D eigenvalue weighted by molar-refractivity contribution is 4.69. The van der Waals surface area contributed by atoms with Crippen LogP contribution in [0.4, 0.5) is 0 Å². The maximum atomic E-state index is 5.77. The third kappa shape index (κ3) is 5.50. The Morgan fingerprint density at radius 1 is 1.33 bits per heavy atom. The van der Waals surface area contributed by atoms with Crippen molar-refractivity contribution >= 4 is 0 Å². The van der Waals surface area contributed by atoms with Crippen LogP contribution in [-0.2, 0) is 4.74 Å². The highest BCUT2D eigenvalue weighted by atomic mass is 16.5. The van der Waals surface area contributed by atoms with E-state index in [1.807, 2.05) is 7.05 Å². The van der Waals surface area contributed by atoms with Gasteiger partial charge in [0.25, 0.3) is 0 Å². The summed E-state index contributed by atoms with van der Waals surface area (Å²) in [5.41, 5.74) is 0. The van der Waals surface area contributed by atoms with Crippen LogP contribution in [0.15, 0.2) is 0 Å². The molecule has 0 spiro atoms. The third-order valence-electron chi connectivity index (χ3n) is 2.95. The SMILES string of the molecule is CCCN(CCNC)CC1CCCCO1. The molecule has 1 atom stereocenters. The molecule has 1 N–H and O–H groups in total. The molecule has 3 heteroatoms. The number of nitrogens with zero attached hydrogens (tertiary/aromatic N) is 1. The van der Waals surface area contributed by atoms with Gasteiger partial charge in [-0.15, -0.1) is 0 Å². The van der Waals surface area contributed by atoms with E-state index in [4.69, 9.17) is 4.74 Å². The van der Waals surface area contributed by atoms with Gasteiger partial charge in [-0.1, -0.05) is 6.92 Å². The first kappa shape index (κ1) is 12.9. The van der Waals surface area contributed by atoms with Gasteiger partial charge in [0.2, 0.25) is 0 Å². The largest absolute Gasteiger partial charge is 0.377 e. The van der Waals surface area contributed by atoms with Crippen molar-refractivity contribution in [3.05, 3.63) is 0 Å². The lowest BCUT2D eigenvalue weighted by atomic mass is 10.1. The fourth-order valence-corrected chi connectivity index (χ4v) is 2.12. The van der Waals surface area contributed by atoms with E-state index >= 15 is 0 Å². The van der Waals surface area contributed by atoms with Crippen LogP contribution in [0.5, 0.6) is 0 Å². The summed E-state index contributed by atoms with van der Waals surface area (Å²) in [5, 5.41) is 3.21. The maximum Gasteiger partial charge on any atom is 0.0702 e. The van der Waals surface area contributed by atoms with Crippen LogP contribution in [-0.4, -0.2) is 50.8 Å². The van der Waals surface area contributed by atoms with Crippen molar-refractivity contribution < 1.29 is 4.74 Å². The molecule has 0 aromatic heterocycles. The van der Waals surface area contributed by atoms with E-state index in [-0.39, 0.29) is 0 Å². The Kier molecular flexibility index (Phi) is 6.98. The third-order valence-corrected chi connectivity index (χ3v) is 2.95. The second kappa shape index (κ2) is 8.08. The Morgan fingerprint density at radius 2 is 2.20 bits per heavy atom. The van der Waals surface area contributed by atoms with Crippen molar-refractivity contribution in [2.24, 2.45) is 0 Å². The van der Waals surface area contributed by atoms with Gasteiger partial charge in [0, 0.05) is 26.2 Å². The van der Waals surface area contributed by atoms with E-state index in [1.165, 1.54) is 32.2 Å². The minimum Gasteiger partial charge on any atom is -0.377 e. The molecule has 1 rings (SSSR count). The highest BCUT2D eigenvalue weighted by Crippen LogP contribution is 2.13. The molecule has 0 aromatic rings. The molecule has 0 bridgehead atoms. The summed E-state index contributed by atoms with van der Waals surface area (Å²) in [7, 11) is 2.02. The maximum absolute atomic E-state index is 5.77. The summed E-state index contributed by atoms with van der Waals surface area (Å²) >= 11 is 0. The molecule has 1 fully saturated rings. The summed E-state index contributed by atoms with van der Waals surface area (Å²) in [6.45, 7) is 7.75. The van der Waals surface area contributed by atoms with Crippen LogP contribution in [0.25, 0.3) is 0 Å². The fourth-order valence-electron chi connectivity index (χ4n) is 2.12. The number of likely N-dealkylation sites (N-methyl/N-ethyl adjacent to an activating group) is 1. The number of rotatable bonds is 7. The molecule has 1 aliphatic heterocycles. The fraction of sp³-hybridized carbons (Fsp3) is 1.00. The molecule has 3 nitrogen and oxygen atoms in total. The van der Waals surface area contributed by atoms with Crippen LogP contribution >= 0.6 is 0 Å². The molecule has 0 aromatic carbocycles. The summed E-state index contributed by atoms with van der Waals surface area (Å²) < 4.78 is 5.77. The second-order valence-electron chi connectivity index (χ2n) is 4.39. The lowest BCUT2D eigenvalue weighted by Gasteiger charge is -2.29. The summed E-state index contributed by atoms with van der Waals surface area (Å²) in [6.07, 6.45) is 5.57. The van der Waals surface area contributed by atoms with E-state index < -0.39 is 0 Å². The van der Waals surface area contributed by atoms with Gasteiger partial charge in [-0.2, -0.15) is 0 Å². The van der Waals surface area contributed by atoms with E-state index in [0.29, 0.717) is 6.10 Å². The van der Waals surface area contributed by atoms with Crippen molar-refractivity contribution in [1.29, 1.82) is 0 Å². The van der Waals surface area contributed by atoms with Crippen molar-refractivity contribution in [2.75, 3.05) is 39.8 Å². The van der Waals surface area contributed by atoms with Gasteiger partial charge in [-0.3, -0.25) is 4.90 Å². The van der Waals surface area contributed by atoms with Gasteiger partial charge in [-0.25, -0.2) is 0 Å². The molecule has 1 unspecified atom stereocenters. The smallest absolute Gasteiger partial charge is 0.0702 e. The number of hydrogen-bond acceptors (Lipinski definition) is 3. The Morgan fingerprint density at radius 3 is 2.80 bits per heavy atom. The first-order valence-electron chi connectivity index (χ1n) is 6.35. The van der Waals surface area contributed by atoms with Gasteiger partial charge in [0.15, 0.2) is 0 Å². The zero-order chi connectivity index (χ0) is 10.9. The predicted molar refractivity (Wildman–Crippen MR) is 64.2 cm³/mol. The van der Waals surface area contributed by atoms with E-state index in [0.717, 1.165) is 26.2 Å². The average molecular weight is 214 g/mol. The number of hydrogen-bond donors (Lipinski definition) is 1. The summed E-state index contributed by atoms with van der Waals surface area (Å²) in [6, 6.07) is 0. The Bertz CT molecular complexity index is 147. The molecule has 1 aliphatic rings. The molecule has 90 valence electrons. The zero-order valence-electron chi connectivity index (χ0n) is 10.3. The average Bonchev–Trinajstić information content (AvgIpc) is 2.28. The van der Waals surface area contributed by atoms with Crippen molar-refractivity contribution in [3.63, 3.8) is 0 Å². The second-order valence-corrected chi connectivity index (χ2v) is 4.39. The number of ether oxygens (including phenoxy) is 1. The van der Waals surface area contributed by atoms with Crippen molar-refractivity contribution in [3.8, 4) is 0 Å². The van der Waals surface area contributed by atoms with Gasteiger partial charge >= 0.3 is 0 Å². The first-order chi connectivity index (χ1) is 7.36. The topological polar surface area (TPSA) is 24.5 Å². The normalized spacial score (nSPS) is 22.2. The van der Waals surface area contributed by atoms with Crippen LogP contribution in [0, 0.1) is 0 Å². The van der Waals surface area contributed by atoms with Crippen LogP contribution in [0.2, 0.25) is 0 Å². The van der Waals surface area contributed by atoms with Gasteiger partial charge in [-0.05, 0) is 39.3 Å². The molecule has 1 saturated heterocycles. The van der Waals surface area contributed by atoms with E-state index in [2.05, 4.69) is 17.1 Å².